The van der Waals surface area contributed by atoms with Gasteiger partial charge in [0.1, 0.15) is 35.4 Å². The molecule has 1 aromatic carbocycles. The van der Waals surface area contributed by atoms with Gasteiger partial charge in [0, 0.05) is 17.9 Å². The van der Waals surface area contributed by atoms with Crippen LogP contribution in [0.15, 0.2) is 47.9 Å². The van der Waals surface area contributed by atoms with Gasteiger partial charge in [-0.3, -0.25) is 4.68 Å². The molecule has 11 nitrogen and oxygen atoms in total. The first-order valence-electron chi connectivity index (χ1n) is 11.2. The molecular weight excluding hydrogens is 551 g/mol. The molecule has 39 heavy (non-hydrogen) atoms. The standard InChI is InChI=1S/C22H21F5N8O3S/c1-12(8-35-11-28-10-30-35)31-21-33-15-5-4-14(32-18(15)19(34-21)29-9-22(25,26)27)13-3-6-16(38-20(23)24)17(7-13)39(2,36)37/h3-7,10-12,20H,8-9H2,1-2H3,(H2,29,31,33,34)/t12-/m1/s1. The van der Waals surface area contributed by atoms with E-state index in [-0.39, 0.29) is 40.1 Å². The molecule has 0 fully saturated rings. The minimum atomic E-state index is -4.56. The number of pyridine rings is 1. The first kappa shape index (κ1) is 27.9. The van der Waals surface area contributed by atoms with Crippen LogP contribution in [0.25, 0.3) is 22.3 Å². The van der Waals surface area contributed by atoms with Crippen molar-refractivity contribution < 1.29 is 35.1 Å². The summed E-state index contributed by atoms with van der Waals surface area (Å²) in [5, 5.41) is 9.22. The van der Waals surface area contributed by atoms with E-state index in [0.717, 1.165) is 18.4 Å². The Bertz CT molecular complexity index is 1570. The van der Waals surface area contributed by atoms with Crippen molar-refractivity contribution in [3.05, 3.63) is 43.0 Å². The zero-order chi connectivity index (χ0) is 28.4. The second kappa shape index (κ2) is 10.9. The smallest absolute Gasteiger partial charge is 0.405 e. The van der Waals surface area contributed by atoms with Gasteiger partial charge in [0.25, 0.3) is 0 Å². The summed E-state index contributed by atoms with van der Waals surface area (Å²) in [6, 6.07) is 6.08. The molecule has 4 aromatic rings. The number of hydrogen-bond acceptors (Lipinski definition) is 10. The summed E-state index contributed by atoms with van der Waals surface area (Å²) in [7, 11) is -3.99. The van der Waals surface area contributed by atoms with Crippen molar-refractivity contribution in [3.63, 3.8) is 0 Å². The fraction of sp³-hybridized carbons (Fsp3) is 0.318. The molecule has 4 rings (SSSR count). The number of fused-ring (bicyclic) bond motifs is 1. The maximum Gasteiger partial charge on any atom is 0.405 e. The van der Waals surface area contributed by atoms with E-state index in [1.165, 1.54) is 30.9 Å². The maximum absolute atomic E-state index is 13.0. The van der Waals surface area contributed by atoms with Crippen molar-refractivity contribution in [2.75, 3.05) is 23.4 Å². The predicted molar refractivity (Wildman–Crippen MR) is 130 cm³/mol. The fourth-order valence-corrected chi connectivity index (χ4v) is 4.39. The van der Waals surface area contributed by atoms with E-state index in [0.29, 0.717) is 6.54 Å². The molecule has 0 aliphatic carbocycles. The lowest BCUT2D eigenvalue weighted by Gasteiger charge is -2.17. The number of hydrogen-bond donors (Lipinski definition) is 2. The molecule has 1 atom stereocenters. The number of nitrogens with zero attached hydrogens (tertiary/aromatic N) is 6. The Hall–Kier alpha value is -4.15. The summed E-state index contributed by atoms with van der Waals surface area (Å²) in [6.07, 6.45) is -0.875. The van der Waals surface area contributed by atoms with Crippen LogP contribution < -0.4 is 15.4 Å². The van der Waals surface area contributed by atoms with Crippen LogP contribution in [0.3, 0.4) is 0 Å². The summed E-state index contributed by atoms with van der Waals surface area (Å²) in [5.41, 5.74) is 0.481. The Morgan fingerprint density at radius 1 is 1.10 bits per heavy atom. The van der Waals surface area contributed by atoms with Gasteiger partial charge in [0.15, 0.2) is 15.7 Å². The van der Waals surface area contributed by atoms with Crippen molar-refractivity contribution in [2.24, 2.45) is 0 Å². The largest absolute Gasteiger partial charge is 0.433 e. The average molecular weight is 573 g/mol. The average Bonchev–Trinajstić information content (AvgIpc) is 3.34. The molecule has 0 saturated heterocycles. The van der Waals surface area contributed by atoms with Crippen LogP contribution in [0, 0.1) is 0 Å². The molecular formula is C22H21F5N8O3S. The SMILES string of the molecule is C[C@H](Cn1cncn1)Nc1nc(NCC(F)(F)F)c2nc(-c3ccc(OC(F)F)c(S(C)(=O)=O)c3)ccc2n1. The molecule has 0 bridgehead atoms. The molecule has 3 aromatic heterocycles. The van der Waals surface area contributed by atoms with Crippen molar-refractivity contribution >= 4 is 32.6 Å². The highest BCUT2D eigenvalue weighted by molar-refractivity contribution is 7.90. The molecule has 0 spiro atoms. The minimum Gasteiger partial charge on any atom is -0.433 e. The van der Waals surface area contributed by atoms with Crippen LogP contribution in [-0.4, -0.2) is 69.8 Å². The van der Waals surface area contributed by atoms with Crippen molar-refractivity contribution in [2.45, 2.75) is 37.2 Å². The third-order valence-corrected chi connectivity index (χ3v) is 6.27. The Labute approximate surface area is 218 Å². The van der Waals surface area contributed by atoms with E-state index in [1.807, 2.05) is 0 Å². The Morgan fingerprint density at radius 2 is 1.87 bits per heavy atom. The lowest BCUT2D eigenvalue weighted by Crippen LogP contribution is -2.25. The summed E-state index contributed by atoms with van der Waals surface area (Å²) in [5.74, 6) is -0.749. The summed E-state index contributed by atoms with van der Waals surface area (Å²) in [6.45, 7) is -2.49. The number of sulfone groups is 1. The van der Waals surface area contributed by atoms with Crippen molar-refractivity contribution in [3.8, 4) is 17.0 Å². The third-order valence-electron chi connectivity index (χ3n) is 5.16. The van der Waals surface area contributed by atoms with Crippen LogP contribution in [0.4, 0.5) is 33.7 Å². The number of aromatic nitrogens is 6. The van der Waals surface area contributed by atoms with Crippen LogP contribution in [-0.2, 0) is 16.4 Å². The Kier molecular flexibility index (Phi) is 7.80. The van der Waals surface area contributed by atoms with Gasteiger partial charge in [0.05, 0.1) is 17.8 Å². The topological polar surface area (TPSA) is 137 Å². The monoisotopic (exact) mass is 572 g/mol. The molecule has 208 valence electrons. The number of rotatable bonds is 10. The predicted octanol–water partition coefficient (Wildman–Crippen LogP) is 3.76. The second-order valence-corrected chi connectivity index (χ2v) is 10.4. The van der Waals surface area contributed by atoms with E-state index in [2.05, 4.69) is 40.4 Å². The number of benzene rings is 1. The van der Waals surface area contributed by atoms with Crippen LogP contribution >= 0.6 is 0 Å². The molecule has 3 heterocycles. The highest BCUT2D eigenvalue weighted by atomic mass is 32.2. The lowest BCUT2D eigenvalue weighted by atomic mass is 10.1. The summed E-state index contributed by atoms with van der Waals surface area (Å²) < 4.78 is 94.8. The number of halogens is 5. The minimum absolute atomic E-state index is 0.0277. The first-order valence-corrected chi connectivity index (χ1v) is 13.1. The van der Waals surface area contributed by atoms with Crippen LogP contribution in [0.1, 0.15) is 6.92 Å². The molecule has 0 unspecified atom stereocenters. The van der Waals surface area contributed by atoms with Gasteiger partial charge >= 0.3 is 12.8 Å². The van der Waals surface area contributed by atoms with E-state index in [4.69, 9.17) is 0 Å². The third kappa shape index (κ3) is 7.24. The number of anilines is 2. The van der Waals surface area contributed by atoms with Gasteiger partial charge in [-0.1, -0.05) is 0 Å². The Morgan fingerprint density at radius 3 is 2.51 bits per heavy atom. The van der Waals surface area contributed by atoms with Crippen LogP contribution in [0.2, 0.25) is 0 Å². The van der Waals surface area contributed by atoms with Gasteiger partial charge < -0.3 is 15.4 Å². The van der Waals surface area contributed by atoms with E-state index < -0.39 is 39.8 Å². The normalized spacial score (nSPS) is 13.0. The Balaban J connectivity index is 1.74. The number of ether oxygens (including phenoxy) is 1. The van der Waals surface area contributed by atoms with Crippen molar-refractivity contribution in [1.29, 1.82) is 0 Å². The highest BCUT2D eigenvalue weighted by Gasteiger charge is 2.28. The van der Waals surface area contributed by atoms with E-state index in [9.17, 15) is 30.4 Å². The van der Waals surface area contributed by atoms with Gasteiger partial charge in [0.2, 0.25) is 5.95 Å². The molecule has 0 saturated carbocycles. The highest BCUT2D eigenvalue weighted by Crippen LogP contribution is 2.32. The van der Waals surface area contributed by atoms with Crippen LogP contribution in [0.5, 0.6) is 5.75 Å². The van der Waals surface area contributed by atoms with Crippen molar-refractivity contribution in [1.82, 2.24) is 29.7 Å². The molecule has 17 heteroatoms. The zero-order valence-electron chi connectivity index (χ0n) is 20.3. The van der Waals surface area contributed by atoms with Gasteiger partial charge in [-0.25, -0.2) is 23.4 Å². The lowest BCUT2D eigenvalue weighted by molar-refractivity contribution is -0.115. The number of nitrogens with one attached hydrogen (secondary N) is 2. The molecule has 0 radical (unpaired) electrons. The van der Waals surface area contributed by atoms with E-state index >= 15 is 0 Å². The number of alkyl halides is 5. The summed E-state index contributed by atoms with van der Waals surface area (Å²) in [4.78, 5) is 16.2. The van der Waals surface area contributed by atoms with Gasteiger partial charge in [-0.15, -0.1) is 0 Å². The molecule has 2 N–H and O–H groups in total. The van der Waals surface area contributed by atoms with Gasteiger partial charge in [-0.2, -0.15) is 32.0 Å². The van der Waals surface area contributed by atoms with E-state index in [1.54, 1.807) is 11.6 Å². The molecule has 0 amide bonds. The molecule has 0 aliphatic rings. The maximum atomic E-state index is 13.0. The van der Waals surface area contributed by atoms with Gasteiger partial charge in [-0.05, 0) is 37.3 Å². The second-order valence-electron chi connectivity index (χ2n) is 8.40. The fourth-order valence-electron chi connectivity index (χ4n) is 3.57. The summed E-state index contributed by atoms with van der Waals surface area (Å²) >= 11 is 0. The first-order chi connectivity index (χ1) is 18.3. The molecule has 0 aliphatic heterocycles. The quantitative estimate of drug-likeness (QED) is 0.270. The zero-order valence-corrected chi connectivity index (χ0v) is 21.1.